The molecule has 0 N–H and O–H groups in total. The first-order chi connectivity index (χ1) is 12.6. The highest BCUT2D eigenvalue weighted by Gasteiger charge is 2.46. The number of hydrogen-bond acceptors (Lipinski definition) is 5. The summed E-state index contributed by atoms with van der Waals surface area (Å²) in [4.78, 5) is 33.3. The summed E-state index contributed by atoms with van der Waals surface area (Å²) in [5.74, 6) is 0. The molecule has 0 atom stereocenters. The zero-order valence-electron chi connectivity index (χ0n) is 13.9. The van der Waals surface area contributed by atoms with Crippen molar-refractivity contribution in [2.24, 2.45) is 0 Å². The Morgan fingerprint density at radius 1 is 1.08 bits per heavy atom. The Hall–Kier alpha value is -3.53. The summed E-state index contributed by atoms with van der Waals surface area (Å²) in [5.41, 5.74) is 0.198. The molecule has 7 heteroatoms. The first-order valence-electron chi connectivity index (χ1n) is 8.23. The van der Waals surface area contributed by atoms with Gasteiger partial charge in [0.15, 0.2) is 0 Å². The van der Waals surface area contributed by atoms with Crippen LogP contribution in [0.2, 0.25) is 0 Å². The largest absolute Gasteiger partial charge is 0.317 e. The lowest BCUT2D eigenvalue weighted by atomic mass is 10.2. The molecule has 0 spiro atoms. The van der Waals surface area contributed by atoms with Crippen LogP contribution in [0, 0.1) is 11.3 Å². The standard InChI is InChI=1S/C19H15N5O2/c20-13-19(6-7-19)24-10-9-23(17(25)18(24)26)12-15-5-4-14(11-22-15)16-3-1-2-8-21-16/h1-5,8-11H,6-7,12H2. The zero-order chi connectivity index (χ0) is 18.1. The summed E-state index contributed by atoms with van der Waals surface area (Å²) in [6, 6.07) is 11.4. The Bertz CT molecular complexity index is 1100. The van der Waals surface area contributed by atoms with E-state index in [0.717, 1.165) is 11.3 Å². The Kier molecular flexibility index (Phi) is 3.73. The third kappa shape index (κ3) is 2.71. The number of hydrogen-bond donors (Lipinski definition) is 0. The SMILES string of the molecule is N#CC1(n2ccn(Cc3ccc(-c4ccccn4)cn3)c(=O)c2=O)CC1. The second kappa shape index (κ2) is 6.08. The molecule has 1 aliphatic rings. The average Bonchev–Trinajstić information content (AvgIpc) is 3.48. The minimum Gasteiger partial charge on any atom is -0.303 e. The van der Waals surface area contributed by atoms with Crippen molar-refractivity contribution in [2.75, 3.05) is 0 Å². The normalized spacial score (nSPS) is 14.6. The molecule has 4 rings (SSSR count). The van der Waals surface area contributed by atoms with Crippen LogP contribution in [-0.4, -0.2) is 19.1 Å². The minimum atomic E-state index is -0.835. The van der Waals surface area contributed by atoms with E-state index in [1.54, 1.807) is 18.5 Å². The fourth-order valence-corrected chi connectivity index (χ4v) is 2.87. The van der Waals surface area contributed by atoms with Crippen molar-refractivity contribution in [3.05, 3.63) is 81.5 Å². The van der Waals surface area contributed by atoms with Gasteiger partial charge in [0.05, 0.1) is 24.0 Å². The van der Waals surface area contributed by atoms with Crippen molar-refractivity contribution >= 4 is 0 Å². The van der Waals surface area contributed by atoms with Gasteiger partial charge < -0.3 is 4.57 Å². The maximum absolute atomic E-state index is 12.4. The summed E-state index contributed by atoms with van der Waals surface area (Å²) in [5, 5.41) is 9.22. The number of nitriles is 1. The molecule has 0 radical (unpaired) electrons. The Morgan fingerprint density at radius 2 is 1.92 bits per heavy atom. The van der Waals surface area contributed by atoms with Crippen LogP contribution in [0.4, 0.5) is 0 Å². The molecule has 0 aliphatic heterocycles. The highest BCUT2D eigenvalue weighted by atomic mass is 16.2. The van der Waals surface area contributed by atoms with Gasteiger partial charge in [-0.1, -0.05) is 6.07 Å². The van der Waals surface area contributed by atoms with Gasteiger partial charge >= 0.3 is 11.1 Å². The van der Waals surface area contributed by atoms with Crippen LogP contribution in [0.1, 0.15) is 18.5 Å². The van der Waals surface area contributed by atoms with Gasteiger partial charge in [-0.25, -0.2) is 0 Å². The maximum Gasteiger partial charge on any atom is 0.317 e. The van der Waals surface area contributed by atoms with Gasteiger partial charge in [-0.05, 0) is 37.1 Å². The molecule has 0 aromatic carbocycles. The first kappa shape index (κ1) is 16.0. The van der Waals surface area contributed by atoms with E-state index >= 15 is 0 Å². The summed E-state index contributed by atoms with van der Waals surface area (Å²) in [6.45, 7) is 0.191. The van der Waals surface area contributed by atoms with Crippen molar-refractivity contribution in [3.8, 4) is 17.3 Å². The molecule has 3 aromatic heterocycles. The van der Waals surface area contributed by atoms with Crippen LogP contribution in [0.15, 0.2) is 64.7 Å². The number of aromatic nitrogens is 4. The fourth-order valence-electron chi connectivity index (χ4n) is 2.87. The fraction of sp³-hybridized carbons (Fsp3) is 0.211. The lowest BCUT2D eigenvalue weighted by molar-refractivity contribution is 0.556. The van der Waals surface area contributed by atoms with Gasteiger partial charge in [-0.2, -0.15) is 5.26 Å². The molecular weight excluding hydrogens is 330 g/mol. The van der Waals surface area contributed by atoms with Crippen LogP contribution in [-0.2, 0) is 12.1 Å². The molecule has 26 heavy (non-hydrogen) atoms. The van der Waals surface area contributed by atoms with Crippen LogP contribution in [0.5, 0.6) is 0 Å². The molecular formula is C19H15N5O2. The second-order valence-corrected chi connectivity index (χ2v) is 6.30. The van der Waals surface area contributed by atoms with Gasteiger partial charge in [0.25, 0.3) is 0 Å². The highest BCUT2D eigenvalue weighted by Crippen LogP contribution is 2.41. The topological polar surface area (TPSA) is 93.6 Å². The predicted molar refractivity (Wildman–Crippen MR) is 94.4 cm³/mol. The third-order valence-electron chi connectivity index (χ3n) is 4.57. The van der Waals surface area contributed by atoms with Crippen LogP contribution in [0.25, 0.3) is 11.3 Å². The third-order valence-corrected chi connectivity index (χ3v) is 4.57. The first-order valence-corrected chi connectivity index (χ1v) is 8.23. The summed E-state index contributed by atoms with van der Waals surface area (Å²) >= 11 is 0. The number of pyridine rings is 2. The molecule has 0 bridgehead atoms. The van der Waals surface area contributed by atoms with Crippen molar-refractivity contribution in [3.63, 3.8) is 0 Å². The summed E-state index contributed by atoms with van der Waals surface area (Å²) in [6.07, 6.45) is 7.66. The van der Waals surface area contributed by atoms with Crippen molar-refractivity contribution < 1.29 is 0 Å². The molecule has 3 aromatic rings. The summed E-state index contributed by atoms with van der Waals surface area (Å²) in [7, 11) is 0. The zero-order valence-corrected chi connectivity index (χ0v) is 13.9. The van der Waals surface area contributed by atoms with Gasteiger partial charge in [0.2, 0.25) is 0 Å². The minimum absolute atomic E-state index is 0.191. The van der Waals surface area contributed by atoms with Gasteiger partial charge in [-0.15, -0.1) is 0 Å². The molecule has 1 aliphatic carbocycles. The lowest BCUT2D eigenvalue weighted by Crippen LogP contribution is -2.44. The predicted octanol–water partition coefficient (Wildman–Crippen LogP) is 1.53. The van der Waals surface area contributed by atoms with E-state index in [4.69, 9.17) is 0 Å². The molecule has 1 saturated carbocycles. The van der Waals surface area contributed by atoms with E-state index in [1.165, 1.54) is 21.5 Å². The average molecular weight is 345 g/mol. The van der Waals surface area contributed by atoms with Crippen molar-refractivity contribution in [2.45, 2.75) is 24.9 Å². The Morgan fingerprint density at radius 3 is 2.54 bits per heavy atom. The van der Waals surface area contributed by atoms with Crippen molar-refractivity contribution in [1.82, 2.24) is 19.1 Å². The van der Waals surface area contributed by atoms with Gasteiger partial charge in [0.1, 0.15) is 5.54 Å². The lowest BCUT2D eigenvalue weighted by Gasteiger charge is -2.12. The van der Waals surface area contributed by atoms with Gasteiger partial charge in [0, 0.05) is 30.4 Å². The van der Waals surface area contributed by atoms with Crippen molar-refractivity contribution in [1.29, 1.82) is 5.26 Å². The molecule has 7 nitrogen and oxygen atoms in total. The van der Waals surface area contributed by atoms with E-state index in [2.05, 4.69) is 16.0 Å². The Labute approximate surface area is 148 Å². The molecule has 3 heterocycles. The molecule has 0 unspecified atom stereocenters. The molecule has 0 saturated heterocycles. The van der Waals surface area contributed by atoms with Crippen LogP contribution in [0.3, 0.4) is 0 Å². The quantitative estimate of drug-likeness (QED) is 0.669. The maximum atomic E-state index is 12.4. The van der Waals surface area contributed by atoms with E-state index in [9.17, 15) is 14.9 Å². The van der Waals surface area contributed by atoms with E-state index < -0.39 is 16.7 Å². The number of rotatable bonds is 4. The van der Waals surface area contributed by atoms with Gasteiger partial charge in [-0.3, -0.25) is 24.1 Å². The number of nitrogens with zero attached hydrogens (tertiary/aromatic N) is 5. The van der Waals surface area contributed by atoms with Crippen LogP contribution >= 0.6 is 0 Å². The van der Waals surface area contributed by atoms with Crippen LogP contribution < -0.4 is 11.1 Å². The molecule has 128 valence electrons. The highest BCUT2D eigenvalue weighted by molar-refractivity contribution is 5.57. The second-order valence-electron chi connectivity index (χ2n) is 6.30. The summed E-state index contributed by atoms with van der Waals surface area (Å²) < 4.78 is 2.57. The van der Waals surface area contributed by atoms with E-state index in [0.29, 0.717) is 18.5 Å². The van der Waals surface area contributed by atoms with E-state index in [-0.39, 0.29) is 6.54 Å². The van der Waals surface area contributed by atoms with E-state index in [1.807, 2.05) is 24.3 Å². The molecule has 0 amide bonds. The molecule has 1 fully saturated rings. The monoisotopic (exact) mass is 345 g/mol. The smallest absolute Gasteiger partial charge is 0.303 e. The Balaban J connectivity index is 1.60.